The first-order valence-corrected chi connectivity index (χ1v) is 9.27. The summed E-state index contributed by atoms with van der Waals surface area (Å²) >= 11 is 1.67. The molecule has 0 unspecified atom stereocenters. The van der Waals surface area contributed by atoms with Crippen molar-refractivity contribution in [2.45, 2.75) is 46.5 Å². The second-order valence-corrected chi connectivity index (χ2v) is 7.38. The maximum atomic E-state index is 5.56. The van der Waals surface area contributed by atoms with E-state index in [0.29, 0.717) is 5.92 Å². The number of ether oxygens (including phenoxy) is 1. The Morgan fingerprint density at radius 2 is 2.00 bits per heavy atom. The summed E-state index contributed by atoms with van der Waals surface area (Å²) < 4.78 is 5.56. The predicted octanol–water partition coefficient (Wildman–Crippen LogP) is 5.52. The fraction of sp³-hybridized carbons (Fsp3) is 0.400. The third-order valence-electron chi connectivity index (χ3n) is 4.45. The average molecular weight is 340 g/mol. The molecule has 1 aliphatic rings. The number of nitrogens with zero attached hydrogens (tertiary/aromatic N) is 2. The van der Waals surface area contributed by atoms with Crippen LogP contribution in [0.2, 0.25) is 0 Å². The van der Waals surface area contributed by atoms with Gasteiger partial charge in [0.2, 0.25) is 0 Å². The van der Waals surface area contributed by atoms with Gasteiger partial charge in [0.05, 0.1) is 24.2 Å². The smallest absolute Gasteiger partial charge is 0.142 e. The summed E-state index contributed by atoms with van der Waals surface area (Å²) in [4.78, 5) is 9.74. The van der Waals surface area contributed by atoms with Gasteiger partial charge in [-0.15, -0.1) is 11.3 Å². The lowest BCUT2D eigenvalue weighted by Crippen LogP contribution is -2.05. The summed E-state index contributed by atoms with van der Waals surface area (Å²) in [6, 6.07) is 2.17. The molecule has 0 saturated carbocycles. The molecule has 0 aromatic carbocycles. The van der Waals surface area contributed by atoms with Gasteiger partial charge in [-0.1, -0.05) is 19.9 Å². The maximum absolute atomic E-state index is 5.56. The number of hydrogen-bond acceptors (Lipinski definition) is 4. The summed E-state index contributed by atoms with van der Waals surface area (Å²) in [6.07, 6.45) is 6.24. The number of aromatic nitrogens is 2. The highest BCUT2D eigenvalue weighted by Crippen LogP contribution is 2.32. The van der Waals surface area contributed by atoms with E-state index < -0.39 is 0 Å². The SMILES string of the molecule is CO/C1=C(\C)c2nc(-c3nc(C(C)C)cs3)cc(C)c2CCC=C1. The van der Waals surface area contributed by atoms with Gasteiger partial charge in [0.15, 0.2) is 0 Å². The van der Waals surface area contributed by atoms with E-state index in [1.807, 2.05) is 0 Å². The lowest BCUT2D eigenvalue weighted by Gasteiger charge is -2.17. The summed E-state index contributed by atoms with van der Waals surface area (Å²) in [7, 11) is 1.72. The largest absolute Gasteiger partial charge is 0.496 e. The summed E-state index contributed by atoms with van der Waals surface area (Å²) in [6.45, 7) is 8.60. The molecule has 4 heteroatoms. The van der Waals surface area contributed by atoms with Gasteiger partial charge >= 0.3 is 0 Å². The second kappa shape index (κ2) is 6.89. The average Bonchev–Trinajstić information content (AvgIpc) is 3.03. The van der Waals surface area contributed by atoms with E-state index >= 15 is 0 Å². The van der Waals surface area contributed by atoms with Crippen molar-refractivity contribution < 1.29 is 4.74 Å². The van der Waals surface area contributed by atoms with Crippen LogP contribution in [0.5, 0.6) is 0 Å². The Morgan fingerprint density at radius 1 is 1.21 bits per heavy atom. The van der Waals surface area contributed by atoms with Gasteiger partial charge in [-0.25, -0.2) is 9.97 Å². The zero-order valence-electron chi connectivity index (χ0n) is 15.0. The summed E-state index contributed by atoms with van der Waals surface area (Å²) in [5.41, 5.74) is 6.83. The summed E-state index contributed by atoms with van der Waals surface area (Å²) in [5.74, 6) is 1.33. The van der Waals surface area contributed by atoms with Crippen molar-refractivity contribution in [2.24, 2.45) is 0 Å². The molecule has 0 aliphatic heterocycles. The third kappa shape index (κ3) is 3.16. The molecule has 2 aromatic rings. The fourth-order valence-corrected chi connectivity index (χ4v) is 3.93. The summed E-state index contributed by atoms with van der Waals surface area (Å²) in [5, 5.41) is 3.13. The number of thiazole rings is 1. The van der Waals surface area contributed by atoms with Crippen molar-refractivity contribution in [2.75, 3.05) is 7.11 Å². The molecule has 24 heavy (non-hydrogen) atoms. The molecule has 0 fully saturated rings. The molecule has 3 rings (SSSR count). The Labute approximate surface area is 148 Å². The number of rotatable bonds is 3. The first-order valence-electron chi connectivity index (χ1n) is 8.39. The number of methoxy groups -OCH3 is 1. The molecule has 0 radical (unpaired) electrons. The normalized spacial score (nSPS) is 17.6. The van der Waals surface area contributed by atoms with Crippen LogP contribution in [0.1, 0.15) is 55.6 Å². The van der Waals surface area contributed by atoms with Gasteiger partial charge in [-0.3, -0.25) is 0 Å². The number of pyridine rings is 1. The quantitative estimate of drug-likeness (QED) is 0.738. The van der Waals surface area contributed by atoms with Gasteiger partial charge in [0.25, 0.3) is 0 Å². The van der Waals surface area contributed by atoms with Crippen molar-refractivity contribution in [3.05, 3.63) is 51.9 Å². The van der Waals surface area contributed by atoms with E-state index in [2.05, 4.69) is 51.3 Å². The van der Waals surface area contributed by atoms with Crippen molar-refractivity contribution in [1.82, 2.24) is 9.97 Å². The van der Waals surface area contributed by atoms with Gasteiger partial charge < -0.3 is 4.74 Å². The highest BCUT2D eigenvalue weighted by molar-refractivity contribution is 7.13. The van der Waals surface area contributed by atoms with Gasteiger partial charge in [0, 0.05) is 11.0 Å². The number of allylic oxidation sites excluding steroid dienone is 3. The van der Waals surface area contributed by atoms with Crippen LogP contribution >= 0.6 is 11.3 Å². The Bertz CT molecular complexity index is 815. The van der Waals surface area contributed by atoms with Gasteiger partial charge in [0.1, 0.15) is 10.8 Å². The van der Waals surface area contributed by atoms with Crippen LogP contribution < -0.4 is 0 Å². The highest BCUT2D eigenvalue weighted by Gasteiger charge is 2.18. The Balaban J connectivity index is 2.15. The van der Waals surface area contributed by atoms with Crippen molar-refractivity contribution >= 4 is 16.9 Å². The van der Waals surface area contributed by atoms with E-state index in [1.165, 1.54) is 11.1 Å². The number of hydrogen-bond donors (Lipinski definition) is 0. The molecule has 3 nitrogen and oxygen atoms in total. The van der Waals surface area contributed by atoms with Crippen LogP contribution in [0, 0.1) is 6.92 Å². The molecule has 0 amide bonds. The molecule has 126 valence electrons. The molecule has 0 atom stereocenters. The monoisotopic (exact) mass is 340 g/mol. The zero-order valence-corrected chi connectivity index (χ0v) is 15.8. The van der Waals surface area contributed by atoms with Crippen LogP contribution in [0.25, 0.3) is 16.3 Å². The topological polar surface area (TPSA) is 35.0 Å². The molecular weight excluding hydrogens is 316 g/mol. The Morgan fingerprint density at radius 3 is 2.67 bits per heavy atom. The maximum Gasteiger partial charge on any atom is 0.142 e. The molecule has 2 aromatic heterocycles. The van der Waals surface area contributed by atoms with Crippen molar-refractivity contribution in [1.29, 1.82) is 0 Å². The van der Waals surface area contributed by atoms with Gasteiger partial charge in [-0.05, 0) is 55.9 Å². The van der Waals surface area contributed by atoms with Crippen LogP contribution in [-0.2, 0) is 11.2 Å². The molecule has 0 spiro atoms. The molecule has 0 saturated heterocycles. The molecule has 2 heterocycles. The molecule has 0 N–H and O–H groups in total. The van der Waals surface area contributed by atoms with Crippen LogP contribution in [0.3, 0.4) is 0 Å². The minimum atomic E-state index is 0.437. The van der Waals surface area contributed by atoms with E-state index in [1.54, 1.807) is 18.4 Å². The van der Waals surface area contributed by atoms with Gasteiger partial charge in [-0.2, -0.15) is 0 Å². The van der Waals surface area contributed by atoms with E-state index in [9.17, 15) is 0 Å². The first-order chi connectivity index (χ1) is 11.5. The van der Waals surface area contributed by atoms with Crippen molar-refractivity contribution in [3.8, 4) is 10.7 Å². The molecule has 1 aliphatic carbocycles. The van der Waals surface area contributed by atoms with Crippen LogP contribution in [0.15, 0.2) is 29.4 Å². The minimum Gasteiger partial charge on any atom is -0.496 e. The lowest BCUT2D eigenvalue weighted by molar-refractivity contribution is 0.308. The van der Waals surface area contributed by atoms with Crippen LogP contribution in [0.4, 0.5) is 0 Å². The van der Waals surface area contributed by atoms with E-state index in [-0.39, 0.29) is 0 Å². The standard InChI is InChI=1S/C20H24N2OS/c1-12(2)17-11-24-20(22-17)16-10-13(3)15-8-6-7-9-18(23-5)14(4)19(15)21-16/h7,9-12H,6,8H2,1-5H3/b9-7?,18-14+. The second-order valence-electron chi connectivity index (χ2n) is 6.52. The number of aryl methyl sites for hydroxylation is 1. The predicted molar refractivity (Wildman–Crippen MR) is 101 cm³/mol. The van der Waals surface area contributed by atoms with E-state index in [0.717, 1.165) is 46.3 Å². The minimum absolute atomic E-state index is 0.437. The molecular formula is C20H24N2OS. The van der Waals surface area contributed by atoms with Crippen molar-refractivity contribution in [3.63, 3.8) is 0 Å². The van der Waals surface area contributed by atoms with Crippen LogP contribution in [-0.4, -0.2) is 17.1 Å². The van der Waals surface area contributed by atoms with E-state index in [4.69, 9.17) is 14.7 Å². The Hall–Kier alpha value is -1.94. The zero-order chi connectivity index (χ0) is 17.3. The molecule has 0 bridgehead atoms. The Kier molecular flexibility index (Phi) is 4.86. The third-order valence-corrected chi connectivity index (χ3v) is 5.34. The lowest BCUT2D eigenvalue weighted by atomic mass is 9.95. The highest BCUT2D eigenvalue weighted by atomic mass is 32.1. The first kappa shape index (κ1) is 16.9. The number of fused-ring (bicyclic) bond motifs is 1. The fourth-order valence-electron chi connectivity index (χ4n) is 2.98.